The van der Waals surface area contributed by atoms with E-state index in [4.69, 9.17) is 15.6 Å². The van der Waals surface area contributed by atoms with Gasteiger partial charge in [0.2, 0.25) is 0 Å². The summed E-state index contributed by atoms with van der Waals surface area (Å²) in [5.74, 6) is -1.74. The highest BCUT2D eigenvalue weighted by atomic mass is 19.2. The van der Waals surface area contributed by atoms with Crippen molar-refractivity contribution >= 4 is 0 Å². The van der Waals surface area contributed by atoms with E-state index in [1.807, 2.05) is 6.92 Å². The van der Waals surface area contributed by atoms with Crippen LogP contribution in [0.25, 0.3) is 0 Å². The fourth-order valence-corrected chi connectivity index (χ4v) is 2.56. The van der Waals surface area contributed by atoms with E-state index < -0.39 is 17.7 Å². The Hall–Kier alpha value is -1.08. The van der Waals surface area contributed by atoms with Gasteiger partial charge in [0, 0.05) is 30.7 Å². The van der Waals surface area contributed by atoms with Gasteiger partial charge >= 0.3 is 0 Å². The topological polar surface area (TPSA) is 58.7 Å². The van der Waals surface area contributed by atoms with Crippen molar-refractivity contribution in [1.82, 2.24) is 4.90 Å². The van der Waals surface area contributed by atoms with E-state index in [1.54, 1.807) is 0 Å². The lowest BCUT2D eigenvalue weighted by Gasteiger charge is -2.37. The van der Waals surface area contributed by atoms with E-state index in [-0.39, 0.29) is 24.3 Å². The van der Waals surface area contributed by atoms with E-state index in [9.17, 15) is 8.78 Å². The first-order valence-electron chi connectivity index (χ1n) is 7.19. The van der Waals surface area contributed by atoms with Crippen LogP contribution in [-0.2, 0) is 4.74 Å². The zero-order chi connectivity index (χ0) is 15.4. The van der Waals surface area contributed by atoms with Gasteiger partial charge in [-0.3, -0.25) is 4.90 Å². The number of morpholine rings is 1. The van der Waals surface area contributed by atoms with Crippen molar-refractivity contribution in [3.05, 3.63) is 35.4 Å². The van der Waals surface area contributed by atoms with Crippen LogP contribution < -0.4 is 5.73 Å². The largest absolute Gasteiger partial charge is 0.394 e. The maximum absolute atomic E-state index is 13.7. The number of aliphatic hydroxyl groups is 1. The Kier molecular flexibility index (Phi) is 5.64. The molecule has 0 amide bonds. The molecule has 21 heavy (non-hydrogen) atoms. The first kappa shape index (κ1) is 16.3. The second-order valence-electron chi connectivity index (χ2n) is 5.52. The molecule has 3 atom stereocenters. The van der Waals surface area contributed by atoms with Crippen LogP contribution in [0.4, 0.5) is 8.78 Å². The van der Waals surface area contributed by atoms with Crippen molar-refractivity contribution in [3.8, 4) is 0 Å². The van der Waals surface area contributed by atoms with Crippen LogP contribution >= 0.6 is 0 Å². The number of hydrogen-bond acceptors (Lipinski definition) is 4. The van der Waals surface area contributed by atoms with Crippen LogP contribution in [0.1, 0.15) is 24.9 Å². The Balaban J connectivity index is 1.94. The van der Waals surface area contributed by atoms with E-state index in [2.05, 4.69) is 4.90 Å². The molecular formula is C15H22F2N2O2. The van der Waals surface area contributed by atoms with Gasteiger partial charge in [0.15, 0.2) is 11.6 Å². The third kappa shape index (κ3) is 3.97. The Morgan fingerprint density at radius 2 is 2.24 bits per heavy atom. The summed E-state index contributed by atoms with van der Waals surface area (Å²) in [4.78, 5) is 2.15. The van der Waals surface area contributed by atoms with E-state index in [1.165, 1.54) is 12.1 Å². The fourth-order valence-electron chi connectivity index (χ4n) is 2.56. The molecule has 118 valence electrons. The summed E-state index contributed by atoms with van der Waals surface area (Å²) in [6.07, 6.45) is 0.325. The van der Waals surface area contributed by atoms with Gasteiger partial charge in [-0.25, -0.2) is 8.78 Å². The van der Waals surface area contributed by atoms with Gasteiger partial charge in [0.25, 0.3) is 0 Å². The van der Waals surface area contributed by atoms with Gasteiger partial charge in [-0.2, -0.15) is 0 Å². The van der Waals surface area contributed by atoms with Gasteiger partial charge in [-0.1, -0.05) is 12.1 Å². The first-order chi connectivity index (χ1) is 10.0. The van der Waals surface area contributed by atoms with Gasteiger partial charge < -0.3 is 15.6 Å². The molecule has 1 aromatic rings. The molecule has 0 aliphatic carbocycles. The first-order valence-corrected chi connectivity index (χ1v) is 7.19. The SMILES string of the molecule is CC1COC(CO)CN1CCC(N)c1cccc(F)c1F. The molecule has 6 heteroatoms. The Bertz CT molecular complexity index is 473. The third-order valence-electron chi connectivity index (χ3n) is 3.95. The number of halogens is 2. The van der Waals surface area contributed by atoms with Crippen molar-refractivity contribution in [2.75, 3.05) is 26.3 Å². The van der Waals surface area contributed by atoms with Crippen LogP contribution in [0.15, 0.2) is 18.2 Å². The molecule has 1 aromatic carbocycles. The highest BCUT2D eigenvalue weighted by Gasteiger charge is 2.26. The monoisotopic (exact) mass is 300 g/mol. The molecule has 4 nitrogen and oxygen atoms in total. The normalized spacial score (nSPS) is 25.0. The van der Waals surface area contributed by atoms with Crippen molar-refractivity contribution in [3.63, 3.8) is 0 Å². The van der Waals surface area contributed by atoms with Crippen LogP contribution in [0, 0.1) is 11.6 Å². The van der Waals surface area contributed by atoms with Crippen LogP contribution in [0.3, 0.4) is 0 Å². The number of aliphatic hydroxyl groups excluding tert-OH is 1. The van der Waals surface area contributed by atoms with E-state index in [0.29, 0.717) is 26.1 Å². The summed E-state index contributed by atoms with van der Waals surface area (Å²) >= 11 is 0. The summed E-state index contributed by atoms with van der Waals surface area (Å²) in [6.45, 7) is 3.83. The summed E-state index contributed by atoms with van der Waals surface area (Å²) < 4.78 is 32.4. The molecule has 1 fully saturated rings. The molecule has 0 bridgehead atoms. The lowest BCUT2D eigenvalue weighted by molar-refractivity contribution is -0.0782. The Morgan fingerprint density at radius 1 is 1.48 bits per heavy atom. The number of benzene rings is 1. The van der Waals surface area contributed by atoms with Crippen LogP contribution in [0.2, 0.25) is 0 Å². The molecule has 0 radical (unpaired) electrons. The number of nitrogens with two attached hydrogens (primary N) is 1. The molecule has 0 spiro atoms. The molecule has 1 saturated heterocycles. The Labute approximate surface area is 123 Å². The predicted molar refractivity (Wildman–Crippen MR) is 75.8 cm³/mol. The maximum Gasteiger partial charge on any atom is 0.163 e. The maximum atomic E-state index is 13.7. The minimum atomic E-state index is -0.872. The highest BCUT2D eigenvalue weighted by molar-refractivity contribution is 5.22. The van der Waals surface area contributed by atoms with Crippen molar-refractivity contribution in [2.24, 2.45) is 5.73 Å². The standard InChI is InChI=1S/C15H22F2N2O2/c1-10-9-21-11(8-20)7-19(10)6-5-14(18)12-3-2-4-13(16)15(12)17/h2-4,10-11,14,20H,5-9,18H2,1H3. The van der Waals surface area contributed by atoms with Crippen molar-refractivity contribution < 1.29 is 18.6 Å². The molecule has 1 aliphatic rings. The van der Waals surface area contributed by atoms with E-state index >= 15 is 0 Å². The molecule has 3 N–H and O–H groups in total. The second-order valence-corrected chi connectivity index (χ2v) is 5.52. The minimum Gasteiger partial charge on any atom is -0.394 e. The molecule has 1 aliphatic heterocycles. The van der Waals surface area contributed by atoms with Crippen LogP contribution in [0.5, 0.6) is 0 Å². The molecule has 0 saturated carbocycles. The highest BCUT2D eigenvalue weighted by Crippen LogP contribution is 2.21. The number of nitrogens with zero attached hydrogens (tertiary/aromatic N) is 1. The molecule has 0 aromatic heterocycles. The summed E-state index contributed by atoms with van der Waals surface area (Å²) in [5.41, 5.74) is 6.18. The predicted octanol–water partition coefficient (Wildman–Crippen LogP) is 1.44. The number of hydrogen-bond donors (Lipinski definition) is 2. The fraction of sp³-hybridized carbons (Fsp3) is 0.600. The summed E-state index contributed by atoms with van der Waals surface area (Å²) in [7, 11) is 0. The van der Waals surface area contributed by atoms with Gasteiger partial charge in [0.05, 0.1) is 19.3 Å². The quantitative estimate of drug-likeness (QED) is 0.864. The number of rotatable bonds is 5. The lowest BCUT2D eigenvalue weighted by Crippen LogP contribution is -2.50. The van der Waals surface area contributed by atoms with E-state index in [0.717, 1.165) is 6.07 Å². The zero-order valence-corrected chi connectivity index (χ0v) is 12.1. The molecule has 2 rings (SSSR count). The Morgan fingerprint density at radius 3 is 2.95 bits per heavy atom. The molecular weight excluding hydrogens is 278 g/mol. The van der Waals surface area contributed by atoms with Crippen LogP contribution in [-0.4, -0.2) is 48.5 Å². The number of ether oxygens (including phenoxy) is 1. The summed E-state index contributed by atoms with van der Waals surface area (Å²) in [6, 6.07) is 3.73. The minimum absolute atomic E-state index is 0.0200. The summed E-state index contributed by atoms with van der Waals surface area (Å²) in [5, 5.41) is 9.15. The van der Waals surface area contributed by atoms with Gasteiger partial charge in [0.1, 0.15) is 0 Å². The molecule has 3 unspecified atom stereocenters. The molecule has 1 heterocycles. The van der Waals surface area contributed by atoms with Crippen molar-refractivity contribution in [1.29, 1.82) is 0 Å². The van der Waals surface area contributed by atoms with Crippen molar-refractivity contribution in [2.45, 2.75) is 31.5 Å². The lowest BCUT2D eigenvalue weighted by atomic mass is 10.0. The second kappa shape index (κ2) is 7.26. The third-order valence-corrected chi connectivity index (χ3v) is 3.95. The zero-order valence-electron chi connectivity index (χ0n) is 12.1. The average molecular weight is 300 g/mol. The van der Waals surface area contributed by atoms with Gasteiger partial charge in [-0.05, 0) is 19.4 Å². The average Bonchev–Trinajstić information content (AvgIpc) is 2.49. The smallest absolute Gasteiger partial charge is 0.163 e. The van der Waals surface area contributed by atoms with Gasteiger partial charge in [-0.15, -0.1) is 0 Å².